The number of piperazine rings is 1. The Balaban J connectivity index is 1.35. The molecule has 1 atom stereocenters. The molecule has 0 N–H and O–H groups in total. The molecule has 0 radical (unpaired) electrons. The Morgan fingerprint density at radius 1 is 1.00 bits per heavy atom. The minimum absolute atomic E-state index is 0.109. The summed E-state index contributed by atoms with van der Waals surface area (Å²) in [5, 5.41) is 0. The second-order valence-corrected chi connectivity index (χ2v) is 6.60. The van der Waals surface area contributed by atoms with E-state index >= 15 is 0 Å². The van der Waals surface area contributed by atoms with Gasteiger partial charge in [0.25, 0.3) is 0 Å². The molecule has 2 aliphatic heterocycles. The van der Waals surface area contributed by atoms with Crippen molar-refractivity contribution in [2.45, 2.75) is 12.5 Å². The molecule has 1 fully saturated rings. The summed E-state index contributed by atoms with van der Waals surface area (Å²) < 4.78 is 19.9. The number of halogens is 1. The molecule has 0 aromatic heterocycles. The van der Waals surface area contributed by atoms with Gasteiger partial charge in [-0.05, 0) is 24.3 Å². The Labute approximate surface area is 146 Å². The molecular formula is C20H21FN2O2. The van der Waals surface area contributed by atoms with Crippen molar-refractivity contribution in [3.8, 4) is 5.75 Å². The van der Waals surface area contributed by atoms with E-state index in [1.807, 2.05) is 36.4 Å². The fraction of sp³-hybridized carbons (Fsp3) is 0.350. The van der Waals surface area contributed by atoms with E-state index in [9.17, 15) is 9.18 Å². The molecule has 0 spiro atoms. The van der Waals surface area contributed by atoms with E-state index < -0.39 is 0 Å². The normalized spacial score (nSPS) is 20.9. The number of nitrogens with zero attached hydrogens (tertiary/aromatic N) is 2. The van der Waals surface area contributed by atoms with Gasteiger partial charge >= 0.3 is 0 Å². The Bertz CT molecular complexity index is 772. The third-order valence-corrected chi connectivity index (χ3v) is 4.92. The number of fused-ring (bicyclic) bond motifs is 1. The van der Waals surface area contributed by atoms with E-state index in [-0.39, 0.29) is 17.7 Å². The average Bonchev–Trinajstić information content (AvgIpc) is 2.63. The van der Waals surface area contributed by atoms with Gasteiger partial charge in [-0.15, -0.1) is 0 Å². The second kappa shape index (κ2) is 6.84. The molecule has 0 aliphatic carbocycles. The maximum atomic E-state index is 13.9. The van der Waals surface area contributed by atoms with Crippen LogP contribution in [-0.2, 0) is 0 Å². The van der Waals surface area contributed by atoms with E-state index in [0.717, 1.165) is 32.7 Å². The van der Waals surface area contributed by atoms with Gasteiger partial charge in [0, 0.05) is 39.1 Å². The molecule has 25 heavy (non-hydrogen) atoms. The van der Waals surface area contributed by atoms with Gasteiger partial charge in [-0.25, -0.2) is 4.39 Å². The SMILES string of the molecule is O=C1CC(CN2CCN(c3ccccc3F)CC2)Oc2ccccc21. The van der Waals surface area contributed by atoms with Crippen LogP contribution in [0.25, 0.3) is 0 Å². The quantitative estimate of drug-likeness (QED) is 0.860. The zero-order valence-corrected chi connectivity index (χ0v) is 14.0. The number of carbonyl (C=O) groups is 1. The number of Topliss-reactive ketones (excluding diaryl/α,β-unsaturated/α-hetero) is 1. The molecule has 0 amide bonds. The van der Waals surface area contributed by atoms with E-state index in [1.54, 1.807) is 6.07 Å². The first kappa shape index (κ1) is 16.1. The van der Waals surface area contributed by atoms with Gasteiger partial charge in [0.2, 0.25) is 0 Å². The lowest BCUT2D eigenvalue weighted by Crippen LogP contribution is -2.50. The van der Waals surface area contributed by atoms with E-state index in [2.05, 4.69) is 9.80 Å². The predicted octanol–water partition coefficient (Wildman–Crippen LogP) is 2.98. The molecule has 0 bridgehead atoms. The fourth-order valence-corrected chi connectivity index (χ4v) is 3.61. The maximum Gasteiger partial charge on any atom is 0.170 e. The molecule has 4 rings (SSSR count). The molecule has 2 heterocycles. The average molecular weight is 340 g/mol. The number of rotatable bonds is 3. The Kier molecular flexibility index (Phi) is 4.40. The van der Waals surface area contributed by atoms with Crippen LogP contribution in [0.4, 0.5) is 10.1 Å². The van der Waals surface area contributed by atoms with Crippen LogP contribution < -0.4 is 9.64 Å². The summed E-state index contributed by atoms with van der Waals surface area (Å²) in [6.45, 7) is 3.95. The first-order chi connectivity index (χ1) is 12.2. The summed E-state index contributed by atoms with van der Waals surface area (Å²) in [7, 11) is 0. The van der Waals surface area contributed by atoms with Crippen molar-refractivity contribution in [2.75, 3.05) is 37.6 Å². The summed E-state index contributed by atoms with van der Waals surface area (Å²) in [5.74, 6) is 0.666. The van der Waals surface area contributed by atoms with Crippen molar-refractivity contribution >= 4 is 11.5 Å². The van der Waals surface area contributed by atoms with Crippen LogP contribution in [0.2, 0.25) is 0 Å². The second-order valence-electron chi connectivity index (χ2n) is 6.60. The van der Waals surface area contributed by atoms with Gasteiger partial charge in [-0.1, -0.05) is 24.3 Å². The monoisotopic (exact) mass is 340 g/mol. The van der Waals surface area contributed by atoms with Gasteiger partial charge < -0.3 is 9.64 Å². The van der Waals surface area contributed by atoms with Crippen LogP contribution in [-0.4, -0.2) is 49.5 Å². The number of benzene rings is 2. The highest BCUT2D eigenvalue weighted by Crippen LogP contribution is 2.28. The van der Waals surface area contributed by atoms with Gasteiger partial charge in [0.1, 0.15) is 17.7 Å². The highest BCUT2D eigenvalue weighted by molar-refractivity contribution is 5.99. The molecule has 5 heteroatoms. The van der Waals surface area contributed by atoms with Crippen molar-refractivity contribution in [3.63, 3.8) is 0 Å². The van der Waals surface area contributed by atoms with Crippen molar-refractivity contribution in [3.05, 3.63) is 59.9 Å². The molecule has 2 aromatic carbocycles. The summed E-state index contributed by atoms with van der Waals surface area (Å²) in [6, 6.07) is 14.3. The number of carbonyl (C=O) groups excluding carboxylic acids is 1. The highest BCUT2D eigenvalue weighted by atomic mass is 19.1. The highest BCUT2D eigenvalue weighted by Gasteiger charge is 2.29. The van der Waals surface area contributed by atoms with Crippen LogP contribution in [0.5, 0.6) is 5.75 Å². The van der Waals surface area contributed by atoms with Gasteiger partial charge in [0.05, 0.1) is 11.3 Å². The maximum absolute atomic E-state index is 13.9. The molecular weight excluding hydrogens is 319 g/mol. The van der Waals surface area contributed by atoms with Crippen LogP contribution in [0, 0.1) is 5.82 Å². The van der Waals surface area contributed by atoms with Gasteiger partial charge in [0.15, 0.2) is 5.78 Å². The lowest BCUT2D eigenvalue weighted by molar-refractivity contribution is 0.0756. The first-order valence-electron chi connectivity index (χ1n) is 8.71. The van der Waals surface area contributed by atoms with Crippen LogP contribution in [0.15, 0.2) is 48.5 Å². The Morgan fingerprint density at radius 2 is 1.72 bits per heavy atom. The van der Waals surface area contributed by atoms with Gasteiger partial charge in [-0.2, -0.15) is 0 Å². The Hall–Kier alpha value is -2.40. The minimum Gasteiger partial charge on any atom is -0.488 e. The topological polar surface area (TPSA) is 32.8 Å². The van der Waals surface area contributed by atoms with Crippen molar-refractivity contribution in [2.24, 2.45) is 0 Å². The lowest BCUT2D eigenvalue weighted by atomic mass is 10.0. The van der Waals surface area contributed by atoms with Crippen molar-refractivity contribution in [1.82, 2.24) is 4.90 Å². The largest absolute Gasteiger partial charge is 0.488 e. The summed E-state index contributed by atoms with van der Waals surface area (Å²) in [4.78, 5) is 16.6. The van der Waals surface area contributed by atoms with Crippen molar-refractivity contribution < 1.29 is 13.9 Å². The molecule has 4 nitrogen and oxygen atoms in total. The van der Waals surface area contributed by atoms with Crippen LogP contribution in [0.3, 0.4) is 0 Å². The lowest BCUT2D eigenvalue weighted by Gasteiger charge is -2.38. The van der Waals surface area contributed by atoms with E-state index in [0.29, 0.717) is 23.4 Å². The molecule has 0 saturated carbocycles. The van der Waals surface area contributed by atoms with E-state index in [4.69, 9.17) is 4.74 Å². The third-order valence-electron chi connectivity index (χ3n) is 4.92. The predicted molar refractivity (Wildman–Crippen MR) is 94.9 cm³/mol. The summed E-state index contributed by atoms with van der Waals surface area (Å²) in [6.07, 6.45) is 0.312. The molecule has 2 aliphatic rings. The van der Waals surface area contributed by atoms with E-state index in [1.165, 1.54) is 6.07 Å². The first-order valence-corrected chi connectivity index (χ1v) is 8.71. The van der Waals surface area contributed by atoms with Gasteiger partial charge in [-0.3, -0.25) is 9.69 Å². The number of anilines is 1. The molecule has 130 valence electrons. The zero-order chi connectivity index (χ0) is 17.2. The third kappa shape index (κ3) is 3.37. The van der Waals surface area contributed by atoms with Crippen molar-refractivity contribution in [1.29, 1.82) is 0 Å². The minimum atomic E-state index is -0.172. The standard InChI is InChI=1S/C20H21FN2O2/c21-17-6-2-3-7-18(17)23-11-9-22(10-12-23)14-15-13-19(24)16-5-1-4-8-20(16)25-15/h1-8,15H,9-14H2. The molecule has 2 aromatic rings. The van der Waals surface area contributed by atoms with Crippen LogP contribution >= 0.6 is 0 Å². The number of ketones is 1. The van der Waals surface area contributed by atoms with Crippen LogP contribution in [0.1, 0.15) is 16.8 Å². The number of hydrogen-bond donors (Lipinski definition) is 0. The zero-order valence-electron chi connectivity index (χ0n) is 14.0. The summed E-state index contributed by atoms with van der Waals surface area (Å²) >= 11 is 0. The Morgan fingerprint density at radius 3 is 2.52 bits per heavy atom. The number of para-hydroxylation sites is 2. The fourth-order valence-electron chi connectivity index (χ4n) is 3.61. The molecule has 1 saturated heterocycles. The number of hydrogen-bond acceptors (Lipinski definition) is 4. The smallest absolute Gasteiger partial charge is 0.170 e. The number of ether oxygens (including phenoxy) is 1. The summed E-state index contributed by atoms with van der Waals surface area (Å²) in [5.41, 5.74) is 1.35. The molecule has 1 unspecified atom stereocenters.